The van der Waals surface area contributed by atoms with Crippen molar-refractivity contribution in [2.75, 3.05) is 46.4 Å². The number of carboxylic acid groups (broad SMARTS) is 1. The van der Waals surface area contributed by atoms with Gasteiger partial charge >= 0.3 is 11.9 Å². The fourth-order valence-corrected chi connectivity index (χ4v) is 3.62. The Morgan fingerprint density at radius 3 is 2.39 bits per heavy atom. The first-order valence-electron chi connectivity index (χ1n) is 10.5. The molecule has 0 bridgehead atoms. The summed E-state index contributed by atoms with van der Waals surface area (Å²) in [6, 6.07) is 0. The van der Waals surface area contributed by atoms with Gasteiger partial charge in [-0.1, -0.05) is 0 Å². The maximum Gasteiger partial charge on any atom is 0.330 e. The summed E-state index contributed by atoms with van der Waals surface area (Å²) in [6.07, 6.45) is 3.93. The Hall–Kier alpha value is -3.70. The van der Waals surface area contributed by atoms with Gasteiger partial charge in [-0.15, -0.1) is 0 Å². The predicted molar refractivity (Wildman–Crippen MR) is 113 cm³/mol. The standard InChI is InChI=1S/C21H28N4O8/c1-33-20(31)12-15(21(32)23-7-9-24-8-2-3-17(24)27)14-11-18(28)25(13-14)10-6-22-16(26)4-5-19(29)30/h4-5,12,14H,2-3,6-11,13H2,1H3,(H,22,26)(H,23,32)(H,29,30)/b5-4-,15-12-. The van der Waals surface area contributed by atoms with E-state index in [4.69, 9.17) is 5.11 Å². The van der Waals surface area contributed by atoms with Crippen LogP contribution in [0.25, 0.3) is 0 Å². The number of rotatable bonds is 11. The lowest BCUT2D eigenvalue weighted by Crippen LogP contribution is -2.38. The minimum Gasteiger partial charge on any atom is -0.478 e. The molecule has 4 amide bonds. The van der Waals surface area contributed by atoms with Crippen LogP contribution < -0.4 is 10.6 Å². The third kappa shape index (κ3) is 8.05. The Morgan fingerprint density at radius 2 is 1.76 bits per heavy atom. The Morgan fingerprint density at radius 1 is 1.06 bits per heavy atom. The molecule has 2 fully saturated rings. The summed E-state index contributed by atoms with van der Waals surface area (Å²) in [4.78, 5) is 73.7. The number of nitrogens with one attached hydrogen (secondary N) is 2. The van der Waals surface area contributed by atoms with E-state index in [2.05, 4.69) is 15.4 Å². The molecule has 12 nitrogen and oxygen atoms in total. The van der Waals surface area contributed by atoms with E-state index in [0.717, 1.165) is 18.6 Å². The molecule has 180 valence electrons. The van der Waals surface area contributed by atoms with Gasteiger partial charge in [0.15, 0.2) is 0 Å². The van der Waals surface area contributed by atoms with E-state index in [1.165, 1.54) is 12.0 Å². The molecule has 0 spiro atoms. The topological polar surface area (TPSA) is 162 Å². The summed E-state index contributed by atoms with van der Waals surface area (Å²) in [5, 5.41) is 13.7. The van der Waals surface area contributed by atoms with Crippen LogP contribution in [-0.4, -0.2) is 96.9 Å². The van der Waals surface area contributed by atoms with Crippen LogP contribution in [-0.2, 0) is 33.5 Å². The molecule has 0 saturated carbocycles. The number of hydrogen-bond acceptors (Lipinski definition) is 7. The molecule has 0 aromatic rings. The second kappa shape index (κ2) is 12.4. The molecular weight excluding hydrogens is 436 g/mol. The van der Waals surface area contributed by atoms with E-state index < -0.39 is 29.7 Å². The molecule has 2 aliphatic rings. The van der Waals surface area contributed by atoms with Crippen molar-refractivity contribution in [1.29, 1.82) is 0 Å². The number of carboxylic acids is 1. The van der Waals surface area contributed by atoms with Crippen LogP contribution in [0.1, 0.15) is 19.3 Å². The van der Waals surface area contributed by atoms with E-state index in [0.29, 0.717) is 25.6 Å². The van der Waals surface area contributed by atoms with Crippen LogP contribution in [0.2, 0.25) is 0 Å². The highest BCUT2D eigenvalue weighted by atomic mass is 16.5. The first kappa shape index (κ1) is 25.6. The fourth-order valence-electron chi connectivity index (χ4n) is 3.62. The first-order chi connectivity index (χ1) is 15.7. The van der Waals surface area contributed by atoms with Crippen molar-refractivity contribution in [3.63, 3.8) is 0 Å². The SMILES string of the molecule is COC(=O)/C=C(\C(=O)NCCN1CCCC1=O)C1CC(=O)N(CCNC(=O)/C=C\C(=O)O)C1. The van der Waals surface area contributed by atoms with Gasteiger partial charge in [0.2, 0.25) is 23.6 Å². The number of carbonyl (C=O) groups excluding carboxylic acids is 5. The van der Waals surface area contributed by atoms with Crippen LogP contribution >= 0.6 is 0 Å². The molecule has 2 heterocycles. The van der Waals surface area contributed by atoms with Gasteiger partial charge in [-0.2, -0.15) is 0 Å². The number of nitrogens with zero attached hydrogens (tertiary/aromatic N) is 2. The Bertz CT molecular complexity index is 866. The van der Waals surface area contributed by atoms with Gasteiger partial charge in [-0.3, -0.25) is 19.2 Å². The highest BCUT2D eigenvalue weighted by Crippen LogP contribution is 2.25. The number of hydrogen-bond donors (Lipinski definition) is 3. The van der Waals surface area contributed by atoms with Gasteiger partial charge in [0.1, 0.15) is 0 Å². The van der Waals surface area contributed by atoms with Crippen LogP contribution in [0.4, 0.5) is 0 Å². The van der Waals surface area contributed by atoms with Crippen molar-refractivity contribution < 1.29 is 38.6 Å². The number of carbonyl (C=O) groups is 6. The molecule has 0 aromatic carbocycles. The Kier molecular flexibility index (Phi) is 9.58. The minimum absolute atomic E-state index is 0.00766. The molecule has 12 heteroatoms. The monoisotopic (exact) mass is 464 g/mol. The maximum absolute atomic E-state index is 12.7. The van der Waals surface area contributed by atoms with E-state index in [1.807, 2.05) is 0 Å². The highest BCUT2D eigenvalue weighted by Gasteiger charge is 2.34. The minimum atomic E-state index is -1.25. The van der Waals surface area contributed by atoms with Gasteiger partial charge in [0.05, 0.1) is 7.11 Å². The largest absolute Gasteiger partial charge is 0.478 e. The molecule has 1 atom stereocenters. The van der Waals surface area contributed by atoms with Crippen molar-refractivity contribution in [2.45, 2.75) is 19.3 Å². The zero-order valence-electron chi connectivity index (χ0n) is 18.4. The van der Waals surface area contributed by atoms with Gasteiger partial charge in [-0.05, 0) is 6.42 Å². The lowest BCUT2D eigenvalue weighted by atomic mass is 9.96. The maximum atomic E-state index is 12.7. The molecule has 0 aliphatic carbocycles. The summed E-state index contributed by atoms with van der Waals surface area (Å²) >= 11 is 0. The lowest BCUT2D eigenvalue weighted by molar-refractivity contribution is -0.135. The third-order valence-corrected chi connectivity index (χ3v) is 5.29. The normalized spacial score (nSPS) is 18.7. The van der Waals surface area contributed by atoms with E-state index in [-0.39, 0.29) is 50.0 Å². The summed E-state index contributed by atoms with van der Waals surface area (Å²) in [7, 11) is 1.18. The van der Waals surface area contributed by atoms with Crippen molar-refractivity contribution in [1.82, 2.24) is 20.4 Å². The van der Waals surface area contributed by atoms with Gasteiger partial charge in [0, 0.05) is 81.8 Å². The lowest BCUT2D eigenvalue weighted by Gasteiger charge is -2.19. The number of likely N-dealkylation sites (tertiary alicyclic amines) is 2. The number of ether oxygens (including phenoxy) is 1. The van der Waals surface area contributed by atoms with E-state index in [9.17, 15) is 28.8 Å². The zero-order valence-corrected chi connectivity index (χ0v) is 18.4. The van der Waals surface area contributed by atoms with Crippen molar-refractivity contribution in [2.24, 2.45) is 5.92 Å². The van der Waals surface area contributed by atoms with Gasteiger partial charge in [0.25, 0.3) is 0 Å². The number of aliphatic carboxylic acids is 1. The van der Waals surface area contributed by atoms with Crippen LogP contribution in [0.15, 0.2) is 23.8 Å². The second-order valence-electron chi connectivity index (χ2n) is 7.57. The fraction of sp³-hybridized carbons (Fsp3) is 0.524. The summed E-state index contributed by atoms with van der Waals surface area (Å²) in [5.74, 6) is -3.86. The van der Waals surface area contributed by atoms with Crippen molar-refractivity contribution in [3.8, 4) is 0 Å². The average Bonchev–Trinajstić information content (AvgIpc) is 3.35. The molecule has 1 unspecified atom stereocenters. The summed E-state index contributed by atoms with van der Waals surface area (Å²) < 4.78 is 4.63. The first-order valence-corrected chi connectivity index (χ1v) is 10.5. The molecular formula is C21H28N4O8. The van der Waals surface area contributed by atoms with E-state index >= 15 is 0 Å². The second-order valence-corrected chi connectivity index (χ2v) is 7.57. The van der Waals surface area contributed by atoms with Crippen LogP contribution in [0, 0.1) is 5.92 Å². The number of amides is 4. The van der Waals surface area contributed by atoms with Crippen LogP contribution in [0.5, 0.6) is 0 Å². The number of esters is 1. The summed E-state index contributed by atoms with van der Waals surface area (Å²) in [6.45, 7) is 1.64. The zero-order chi connectivity index (χ0) is 24.4. The van der Waals surface area contributed by atoms with Crippen molar-refractivity contribution >= 4 is 35.6 Å². The molecule has 2 saturated heterocycles. The smallest absolute Gasteiger partial charge is 0.330 e. The molecule has 0 radical (unpaired) electrons. The molecule has 3 N–H and O–H groups in total. The highest BCUT2D eigenvalue weighted by molar-refractivity contribution is 6.01. The number of methoxy groups -OCH3 is 1. The molecule has 2 aliphatic heterocycles. The molecule has 2 rings (SSSR count). The Labute approximate surface area is 190 Å². The quantitative estimate of drug-likeness (QED) is 0.244. The predicted octanol–water partition coefficient (Wildman–Crippen LogP) is -1.57. The van der Waals surface area contributed by atoms with Crippen molar-refractivity contribution in [3.05, 3.63) is 23.8 Å². The van der Waals surface area contributed by atoms with Gasteiger partial charge in [-0.25, -0.2) is 9.59 Å². The van der Waals surface area contributed by atoms with E-state index in [1.54, 1.807) is 4.90 Å². The molecule has 33 heavy (non-hydrogen) atoms. The average molecular weight is 464 g/mol. The third-order valence-electron chi connectivity index (χ3n) is 5.29. The molecule has 0 aromatic heterocycles. The summed E-state index contributed by atoms with van der Waals surface area (Å²) in [5.41, 5.74) is 0.110. The Balaban J connectivity index is 1.92. The van der Waals surface area contributed by atoms with Gasteiger partial charge < -0.3 is 30.3 Å². The van der Waals surface area contributed by atoms with Crippen LogP contribution in [0.3, 0.4) is 0 Å².